The maximum atomic E-state index is 11.0. The number of carbonyl (C=O) groups excluding carboxylic acids is 1. The van der Waals surface area contributed by atoms with Gasteiger partial charge in [-0.15, -0.1) is 0 Å². The zero-order valence-corrected chi connectivity index (χ0v) is 9.62. The van der Waals surface area contributed by atoms with Crippen LogP contribution >= 0.6 is 0 Å². The van der Waals surface area contributed by atoms with Gasteiger partial charge in [0, 0.05) is 0 Å². The maximum Gasteiger partial charge on any atom is 0.309 e. The fourth-order valence-corrected chi connectivity index (χ4v) is 1.44. The van der Waals surface area contributed by atoms with Crippen LogP contribution in [-0.4, -0.2) is 13.1 Å². The van der Waals surface area contributed by atoms with E-state index in [0.29, 0.717) is 12.3 Å². The minimum absolute atomic E-state index is 0.189. The molecule has 0 aliphatic carbocycles. The third-order valence-corrected chi connectivity index (χ3v) is 2.74. The zero-order valence-electron chi connectivity index (χ0n) is 9.62. The highest BCUT2D eigenvalue weighted by atomic mass is 16.5. The molecule has 0 aromatic heterocycles. The molecule has 0 radical (unpaired) electrons. The van der Waals surface area contributed by atoms with E-state index in [1.165, 1.54) is 12.7 Å². The van der Waals surface area contributed by atoms with Crippen LogP contribution in [0.5, 0.6) is 0 Å². The summed E-state index contributed by atoms with van der Waals surface area (Å²) in [5.41, 5.74) is 2.33. The maximum absolute atomic E-state index is 11.0. The van der Waals surface area contributed by atoms with Crippen LogP contribution in [0.1, 0.15) is 37.3 Å². The molecule has 2 nitrogen and oxygen atoms in total. The van der Waals surface area contributed by atoms with Crippen LogP contribution in [0, 0.1) is 0 Å². The predicted octanol–water partition coefficient (Wildman–Crippen LogP) is 2.92. The Balaban J connectivity index is 2.68. The average molecular weight is 206 g/mol. The number of esters is 1. The molecule has 0 heterocycles. The van der Waals surface area contributed by atoms with E-state index >= 15 is 0 Å². The second-order valence-corrected chi connectivity index (χ2v) is 3.80. The number of rotatable bonds is 4. The molecule has 0 bridgehead atoms. The normalized spacial score (nSPS) is 12.2. The molecule has 0 spiro atoms. The van der Waals surface area contributed by atoms with E-state index in [0.717, 1.165) is 12.0 Å². The molecule has 2 heteroatoms. The summed E-state index contributed by atoms with van der Waals surface area (Å²) in [7, 11) is 1.41. The van der Waals surface area contributed by atoms with Crippen molar-refractivity contribution < 1.29 is 9.53 Å². The Labute approximate surface area is 91.3 Å². The summed E-state index contributed by atoms with van der Waals surface area (Å²) in [4.78, 5) is 11.0. The molecule has 0 saturated carbocycles. The highest BCUT2D eigenvalue weighted by molar-refractivity contribution is 5.72. The van der Waals surface area contributed by atoms with E-state index in [2.05, 4.69) is 30.7 Å². The monoisotopic (exact) mass is 206 g/mol. The molecule has 1 rings (SSSR count). The van der Waals surface area contributed by atoms with Crippen LogP contribution in [0.25, 0.3) is 0 Å². The minimum Gasteiger partial charge on any atom is -0.469 e. The molecule has 82 valence electrons. The quantitative estimate of drug-likeness (QED) is 0.708. The molecular weight excluding hydrogens is 188 g/mol. The van der Waals surface area contributed by atoms with Crippen molar-refractivity contribution in [2.45, 2.75) is 32.6 Å². The summed E-state index contributed by atoms with van der Waals surface area (Å²) in [6, 6.07) is 8.18. The Morgan fingerprint density at radius 2 is 1.93 bits per heavy atom. The van der Waals surface area contributed by atoms with Crippen LogP contribution in [-0.2, 0) is 16.0 Å². The largest absolute Gasteiger partial charge is 0.469 e. The van der Waals surface area contributed by atoms with Crippen molar-refractivity contribution in [3.8, 4) is 0 Å². The number of hydrogen-bond donors (Lipinski definition) is 0. The van der Waals surface area contributed by atoms with Gasteiger partial charge in [-0.2, -0.15) is 0 Å². The van der Waals surface area contributed by atoms with Gasteiger partial charge in [-0.05, 0) is 23.5 Å². The molecule has 0 aliphatic heterocycles. The number of benzene rings is 1. The van der Waals surface area contributed by atoms with Crippen molar-refractivity contribution in [3.05, 3.63) is 35.4 Å². The summed E-state index contributed by atoms with van der Waals surface area (Å²) in [6.45, 7) is 4.38. The Hall–Kier alpha value is -1.31. The predicted molar refractivity (Wildman–Crippen MR) is 60.9 cm³/mol. The topological polar surface area (TPSA) is 26.3 Å². The molecule has 15 heavy (non-hydrogen) atoms. The molecule has 1 unspecified atom stereocenters. The van der Waals surface area contributed by atoms with E-state index in [1.807, 2.05) is 12.1 Å². The van der Waals surface area contributed by atoms with Gasteiger partial charge in [0.2, 0.25) is 0 Å². The summed E-state index contributed by atoms with van der Waals surface area (Å²) in [5.74, 6) is 0.392. The molecule has 0 aliphatic rings. The van der Waals surface area contributed by atoms with E-state index in [9.17, 15) is 4.79 Å². The first kappa shape index (κ1) is 11.8. The molecule has 0 saturated heterocycles. The fourth-order valence-electron chi connectivity index (χ4n) is 1.44. The Morgan fingerprint density at radius 1 is 1.33 bits per heavy atom. The van der Waals surface area contributed by atoms with Crippen LogP contribution in [0.3, 0.4) is 0 Å². The second kappa shape index (κ2) is 5.54. The van der Waals surface area contributed by atoms with Crippen molar-refractivity contribution in [1.82, 2.24) is 0 Å². The lowest BCUT2D eigenvalue weighted by molar-refractivity contribution is -0.139. The van der Waals surface area contributed by atoms with Gasteiger partial charge in [0.25, 0.3) is 0 Å². The lowest BCUT2D eigenvalue weighted by atomic mass is 9.97. The van der Waals surface area contributed by atoms with Crippen LogP contribution in [0.15, 0.2) is 24.3 Å². The third-order valence-electron chi connectivity index (χ3n) is 2.74. The van der Waals surface area contributed by atoms with Gasteiger partial charge in [-0.1, -0.05) is 38.1 Å². The van der Waals surface area contributed by atoms with Crippen molar-refractivity contribution >= 4 is 5.97 Å². The Bertz CT molecular complexity index is 314. The summed E-state index contributed by atoms with van der Waals surface area (Å²) >= 11 is 0. The van der Waals surface area contributed by atoms with Crippen LogP contribution in [0.2, 0.25) is 0 Å². The van der Waals surface area contributed by atoms with E-state index in [1.54, 1.807) is 0 Å². The smallest absolute Gasteiger partial charge is 0.309 e. The standard InChI is InChI=1S/C13H18O2/c1-4-10(2)12-7-5-11(6-8-12)9-13(14)15-3/h5-8,10H,4,9H2,1-3H3. The van der Waals surface area contributed by atoms with Gasteiger partial charge in [0.05, 0.1) is 13.5 Å². The molecular formula is C13H18O2. The van der Waals surface area contributed by atoms with Crippen molar-refractivity contribution in [2.75, 3.05) is 7.11 Å². The van der Waals surface area contributed by atoms with Gasteiger partial charge in [0.1, 0.15) is 0 Å². The third kappa shape index (κ3) is 3.39. The molecule has 1 aromatic carbocycles. The molecule has 1 atom stereocenters. The highest BCUT2D eigenvalue weighted by Crippen LogP contribution is 2.18. The van der Waals surface area contributed by atoms with Crippen LogP contribution in [0.4, 0.5) is 0 Å². The Kier molecular flexibility index (Phi) is 4.35. The van der Waals surface area contributed by atoms with E-state index < -0.39 is 0 Å². The van der Waals surface area contributed by atoms with Crippen LogP contribution < -0.4 is 0 Å². The lowest BCUT2D eigenvalue weighted by Crippen LogP contribution is -2.04. The number of hydrogen-bond acceptors (Lipinski definition) is 2. The van der Waals surface area contributed by atoms with Crippen molar-refractivity contribution in [3.63, 3.8) is 0 Å². The van der Waals surface area contributed by atoms with E-state index in [-0.39, 0.29) is 5.97 Å². The number of carbonyl (C=O) groups is 1. The Morgan fingerprint density at radius 3 is 2.40 bits per heavy atom. The molecule has 0 N–H and O–H groups in total. The van der Waals surface area contributed by atoms with Gasteiger partial charge >= 0.3 is 5.97 Å². The van der Waals surface area contributed by atoms with Gasteiger partial charge in [-0.3, -0.25) is 4.79 Å². The summed E-state index contributed by atoms with van der Waals surface area (Å²) in [5, 5.41) is 0. The van der Waals surface area contributed by atoms with Crippen molar-refractivity contribution in [2.24, 2.45) is 0 Å². The fraction of sp³-hybridized carbons (Fsp3) is 0.462. The molecule has 1 aromatic rings. The number of methoxy groups -OCH3 is 1. The SMILES string of the molecule is CCC(C)c1ccc(CC(=O)OC)cc1. The zero-order chi connectivity index (χ0) is 11.3. The second-order valence-electron chi connectivity index (χ2n) is 3.80. The average Bonchev–Trinajstić information content (AvgIpc) is 2.29. The summed E-state index contributed by atoms with van der Waals surface area (Å²) in [6.07, 6.45) is 1.49. The lowest BCUT2D eigenvalue weighted by Gasteiger charge is -2.09. The first-order valence-electron chi connectivity index (χ1n) is 5.33. The highest BCUT2D eigenvalue weighted by Gasteiger charge is 2.05. The van der Waals surface area contributed by atoms with Gasteiger partial charge in [0.15, 0.2) is 0 Å². The summed E-state index contributed by atoms with van der Waals surface area (Å²) < 4.78 is 4.61. The van der Waals surface area contributed by atoms with E-state index in [4.69, 9.17) is 0 Å². The minimum atomic E-state index is -0.189. The first-order valence-corrected chi connectivity index (χ1v) is 5.33. The molecule has 0 fully saturated rings. The van der Waals surface area contributed by atoms with Crippen molar-refractivity contribution in [1.29, 1.82) is 0 Å². The molecule has 0 amide bonds. The first-order chi connectivity index (χ1) is 7.17. The van der Waals surface area contributed by atoms with Gasteiger partial charge < -0.3 is 4.74 Å². The van der Waals surface area contributed by atoms with Gasteiger partial charge in [-0.25, -0.2) is 0 Å². The number of ether oxygens (including phenoxy) is 1.